The number of rotatable bonds is 2. The molecular formula is C15H19FO. The van der Waals surface area contributed by atoms with Crippen LogP contribution in [0.4, 0.5) is 4.39 Å². The fourth-order valence-electron chi connectivity index (χ4n) is 2.58. The van der Waals surface area contributed by atoms with Crippen LogP contribution in [-0.2, 0) is 11.2 Å². The Kier molecular flexibility index (Phi) is 3.07. The van der Waals surface area contributed by atoms with Gasteiger partial charge in [0.2, 0.25) is 0 Å². The molecule has 0 aromatic heterocycles. The van der Waals surface area contributed by atoms with Crippen molar-refractivity contribution in [1.82, 2.24) is 0 Å². The molecule has 0 amide bonds. The zero-order valence-electron chi connectivity index (χ0n) is 10.5. The first-order chi connectivity index (χ1) is 7.91. The van der Waals surface area contributed by atoms with E-state index in [4.69, 9.17) is 0 Å². The molecule has 0 heterocycles. The first kappa shape index (κ1) is 12.3. The maximum absolute atomic E-state index is 13.8. The minimum atomic E-state index is -1.60. The van der Waals surface area contributed by atoms with Crippen molar-refractivity contribution in [2.24, 2.45) is 5.41 Å². The summed E-state index contributed by atoms with van der Waals surface area (Å²) in [6, 6.07) is 10.1. The van der Waals surface area contributed by atoms with Crippen molar-refractivity contribution < 1.29 is 9.18 Å². The van der Waals surface area contributed by atoms with Crippen LogP contribution < -0.4 is 0 Å². The van der Waals surface area contributed by atoms with Crippen LogP contribution in [0.15, 0.2) is 30.3 Å². The molecule has 0 N–H and O–H groups in total. The number of halogens is 1. The van der Waals surface area contributed by atoms with E-state index in [9.17, 15) is 9.18 Å². The van der Waals surface area contributed by atoms with E-state index in [1.807, 2.05) is 18.2 Å². The second-order valence-electron chi connectivity index (χ2n) is 5.77. The van der Waals surface area contributed by atoms with Crippen molar-refractivity contribution in [2.75, 3.05) is 0 Å². The molecule has 2 heteroatoms. The largest absolute Gasteiger partial charge is 0.296 e. The molecule has 0 bridgehead atoms. The fourth-order valence-corrected chi connectivity index (χ4v) is 2.58. The minimum absolute atomic E-state index is 0.0793. The summed E-state index contributed by atoms with van der Waals surface area (Å²) < 4.78 is 13.8. The lowest BCUT2D eigenvalue weighted by molar-refractivity contribution is -0.136. The van der Waals surface area contributed by atoms with Crippen LogP contribution in [0, 0.1) is 5.41 Å². The Labute approximate surface area is 102 Å². The van der Waals surface area contributed by atoms with Gasteiger partial charge in [-0.05, 0) is 37.2 Å². The molecule has 1 fully saturated rings. The van der Waals surface area contributed by atoms with Crippen LogP contribution in [0.25, 0.3) is 0 Å². The number of carbonyl (C=O) groups excluding carboxylic acids is 1. The molecule has 1 aliphatic rings. The third-order valence-electron chi connectivity index (χ3n) is 3.84. The second kappa shape index (κ2) is 4.25. The van der Waals surface area contributed by atoms with Gasteiger partial charge in [-0.2, -0.15) is 0 Å². The molecule has 92 valence electrons. The summed E-state index contributed by atoms with van der Waals surface area (Å²) in [5.41, 5.74) is -0.453. The lowest BCUT2D eigenvalue weighted by Crippen LogP contribution is -2.42. The fraction of sp³-hybridized carbons (Fsp3) is 0.533. The van der Waals surface area contributed by atoms with Gasteiger partial charge in [-0.1, -0.05) is 37.3 Å². The molecule has 1 aliphatic carbocycles. The first-order valence-electron chi connectivity index (χ1n) is 6.18. The van der Waals surface area contributed by atoms with Gasteiger partial charge < -0.3 is 0 Å². The lowest BCUT2D eigenvalue weighted by atomic mass is 9.67. The number of carbonyl (C=O) groups is 1. The average Bonchev–Trinajstić information content (AvgIpc) is 2.26. The Morgan fingerprint density at radius 2 is 1.82 bits per heavy atom. The van der Waals surface area contributed by atoms with Gasteiger partial charge >= 0.3 is 0 Å². The second-order valence-corrected chi connectivity index (χ2v) is 5.77. The predicted octanol–water partition coefficient (Wildman–Crippen LogP) is 3.72. The summed E-state index contributed by atoms with van der Waals surface area (Å²) in [5, 5.41) is 0. The van der Waals surface area contributed by atoms with Crippen molar-refractivity contribution in [3.63, 3.8) is 0 Å². The number of ketones is 1. The summed E-state index contributed by atoms with van der Waals surface area (Å²) >= 11 is 0. The average molecular weight is 234 g/mol. The number of Topliss-reactive ketones (excluding diaryl/α,β-unsaturated/α-hetero) is 1. The van der Waals surface area contributed by atoms with E-state index >= 15 is 0 Å². The zero-order valence-corrected chi connectivity index (χ0v) is 10.5. The Balaban J connectivity index is 2.09. The Hall–Kier alpha value is -1.18. The Morgan fingerprint density at radius 3 is 2.41 bits per heavy atom. The van der Waals surface area contributed by atoms with Crippen molar-refractivity contribution in [2.45, 2.75) is 45.2 Å². The zero-order chi connectivity index (χ0) is 12.5. The highest BCUT2D eigenvalue weighted by Gasteiger charge is 2.44. The molecular weight excluding hydrogens is 215 g/mol. The van der Waals surface area contributed by atoms with E-state index in [-0.39, 0.29) is 11.2 Å². The van der Waals surface area contributed by atoms with Crippen molar-refractivity contribution >= 4 is 5.78 Å². The molecule has 0 spiro atoms. The van der Waals surface area contributed by atoms with Crippen LogP contribution >= 0.6 is 0 Å². The van der Waals surface area contributed by atoms with Gasteiger partial charge in [0.25, 0.3) is 0 Å². The van der Waals surface area contributed by atoms with E-state index in [0.717, 1.165) is 12.8 Å². The number of alkyl halides is 1. The smallest absolute Gasteiger partial charge is 0.170 e. The molecule has 1 aromatic carbocycles. The molecule has 0 saturated heterocycles. The first-order valence-corrected chi connectivity index (χ1v) is 6.18. The third kappa shape index (κ3) is 2.74. The van der Waals surface area contributed by atoms with E-state index in [1.165, 1.54) is 12.5 Å². The van der Waals surface area contributed by atoms with Gasteiger partial charge in [-0.15, -0.1) is 0 Å². The van der Waals surface area contributed by atoms with Gasteiger partial charge in [-0.3, -0.25) is 4.79 Å². The van der Waals surface area contributed by atoms with Crippen molar-refractivity contribution in [1.29, 1.82) is 0 Å². The van der Waals surface area contributed by atoms with Crippen LogP contribution in [0.3, 0.4) is 0 Å². The molecule has 1 nitrogen and oxygen atoms in total. The van der Waals surface area contributed by atoms with Crippen LogP contribution in [-0.4, -0.2) is 11.5 Å². The van der Waals surface area contributed by atoms with Crippen LogP contribution in [0.5, 0.6) is 0 Å². The molecule has 0 aliphatic heterocycles. The molecule has 1 saturated carbocycles. The van der Waals surface area contributed by atoms with Crippen LogP contribution in [0.2, 0.25) is 0 Å². The highest BCUT2D eigenvalue weighted by atomic mass is 19.1. The van der Waals surface area contributed by atoms with Gasteiger partial charge in [0.1, 0.15) is 0 Å². The minimum Gasteiger partial charge on any atom is -0.296 e. The summed E-state index contributed by atoms with van der Waals surface area (Å²) in [4.78, 5) is 11.7. The summed E-state index contributed by atoms with van der Waals surface area (Å²) in [6.45, 7) is 3.50. The van der Waals surface area contributed by atoms with E-state index < -0.39 is 5.67 Å². The number of hydrogen-bond donors (Lipinski definition) is 0. The molecule has 0 radical (unpaired) electrons. The molecule has 2 rings (SSSR count). The van der Waals surface area contributed by atoms with Gasteiger partial charge in [0.15, 0.2) is 11.5 Å². The van der Waals surface area contributed by atoms with E-state index in [1.54, 1.807) is 0 Å². The maximum Gasteiger partial charge on any atom is 0.170 e. The molecule has 2 atom stereocenters. The predicted molar refractivity (Wildman–Crippen MR) is 66.6 cm³/mol. The monoisotopic (exact) mass is 234 g/mol. The molecule has 1 aromatic rings. The summed E-state index contributed by atoms with van der Waals surface area (Å²) in [5.74, 6) is -0.234. The number of hydrogen-bond acceptors (Lipinski definition) is 1. The number of benzene rings is 1. The van der Waals surface area contributed by atoms with E-state index in [0.29, 0.717) is 12.8 Å². The lowest BCUT2D eigenvalue weighted by Gasteiger charge is -2.38. The molecule has 17 heavy (non-hydrogen) atoms. The molecule has 0 unspecified atom stereocenters. The van der Waals surface area contributed by atoms with Crippen molar-refractivity contribution in [3.05, 3.63) is 35.9 Å². The maximum atomic E-state index is 13.8. The SMILES string of the molecule is C[C@]1(Cc2ccccc2)CC[C@](C)(F)C(=O)C1. The highest BCUT2D eigenvalue weighted by molar-refractivity contribution is 5.88. The summed E-state index contributed by atoms with van der Waals surface area (Å²) in [6.07, 6.45) is 2.35. The van der Waals surface area contributed by atoms with Gasteiger partial charge in [-0.25, -0.2) is 4.39 Å². The summed E-state index contributed by atoms with van der Waals surface area (Å²) in [7, 11) is 0. The van der Waals surface area contributed by atoms with Gasteiger partial charge in [0.05, 0.1) is 0 Å². The Morgan fingerprint density at radius 1 is 1.18 bits per heavy atom. The topological polar surface area (TPSA) is 17.1 Å². The standard InChI is InChI=1S/C15H19FO/c1-14(10-12-6-4-3-5-7-12)8-9-15(2,16)13(17)11-14/h3-7H,8-11H2,1-2H3/t14-,15+/m1/s1. The van der Waals surface area contributed by atoms with Gasteiger partial charge in [0, 0.05) is 6.42 Å². The van der Waals surface area contributed by atoms with Crippen LogP contribution in [0.1, 0.15) is 38.7 Å². The van der Waals surface area contributed by atoms with E-state index in [2.05, 4.69) is 19.1 Å². The Bertz CT molecular complexity index is 410. The highest BCUT2D eigenvalue weighted by Crippen LogP contribution is 2.42. The normalized spacial score (nSPS) is 33.7. The third-order valence-corrected chi connectivity index (χ3v) is 3.84. The van der Waals surface area contributed by atoms with Crippen molar-refractivity contribution in [3.8, 4) is 0 Å². The quantitative estimate of drug-likeness (QED) is 0.762.